The minimum atomic E-state index is -0.129. The van der Waals surface area contributed by atoms with Gasteiger partial charge in [-0.2, -0.15) is 0 Å². The van der Waals surface area contributed by atoms with Crippen LogP contribution in [0.1, 0.15) is 42.5 Å². The predicted molar refractivity (Wildman–Crippen MR) is 89.9 cm³/mol. The van der Waals surface area contributed by atoms with Crippen LogP contribution in [0, 0.1) is 0 Å². The number of nitrogens with zero attached hydrogens (tertiary/aromatic N) is 1. The maximum Gasteiger partial charge on any atom is 0.255 e. The van der Waals surface area contributed by atoms with Crippen LogP contribution in [0.25, 0.3) is 0 Å². The van der Waals surface area contributed by atoms with E-state index in [4.69, 9.17) is 16.3 Å². The van der Waals surface area contributed by atoms with Crippen molar-refractivity contribution in [2.45, 2.75) is 32.1 Å². The molecule has 122 valence electrons. The van der Waals surface area contributed by atoms with Gasteiger partial charge in [0.1, 0.15) is 5.75 Å². The van der Waals surface area contributed by atoms with Crippen molar-refractivity contribution in [1.82, 2.24) is 10.2 Å². The van der Waals surface area contributed by atoms with Crippen molar-refractivity contribution in [1.29, 1.82) is 0 Å². The number of halogens is 1. The molecule has 0 aliphatic carbocycles. The number of amides is 1. The highest BCUT2D eigenvalue weighted by molar-refractivity contribution is 6.31. The van der Waals surface area contributed by atoms with Gasteiger partial charge in [0.15, 0.2) is 0 Å². The van der Waals surface area contributed by atoms with Crippen LogP contribution in [-0.4, -0.2) is 44.1 Å². The standard InChI is InChI=1S/C17H25ClN2O2/c1-22-16-8-7-14(18)13-15(16)17(21)19-9-6-12-20-10-4-2-3-5-11-20/h7-8,13H,2-6,9-12H2,1H3,(H,19,21). The van der Waals surface area contributed by atoms with E-state index in [-0.39, 0.29) is 5.91 Å². The molecular formula is C17H25ClN2O2. The van der Waals surface area contributed by atoms with Gasteiger partial charge in [-0.25, -0.2) is 0 Å². The second-order valence-electron chi connectivity index (χ2n) is 5.71. The molecule has 0 radical (unpaired) electrons. The molecule has 5 heteroatoms. The predicted octanol–water partition coefficient (Wildman–Crippen LogP) is 3.34. The van der Waals surface area contributed by atoms with Crippen molar-refractivity contribution in [3.8, 4) is 5.75 Å². The SMILES string of the molecule is COc1ccc(Cl)cc1C(=O)NCCCN1CCCCCC1. The third kappa shape index (κ3) is 5.18. The van der Waals surface area contributed by atoms with Crippen LogP contribution >= 0.6 is 11.6 Å². The van der Waals surface area contributed by atoms with E-state index in [0.717, 1.165) is 13.0 Å². The number of benzene rings is 1. The summed E-state index contributed by atoms with van der Waals surface area (Å²) in [7, 11) is 1.55. The van der Waals surface area contributed by atoms with Crippen molar-refractivity contribution in [2.24, 2.45) is 0 Å². The molecule has 1 aliphatic heterocycles. The smallest absolute Gasteiger partial charge is 0.255 e. The molecule has 1 N–H and O–H groups in total. The Labute approximate surface area is 137 Å². The fraction of sp³-hybridized carbons (Fsp3) is 0.588. The minimum absolute atomic E-state index is 0.129. The topological polar surface area (TPSA) is 41.6 Å². The third-order valence-corrected chi connectivity index (χ3v) is 4.28. The van der Waals surface area contributed by atoms with Gasteiger partial charge in [0.25, 0.3) is 5.91 Å². The maximum absolute atomic E-state index is 12.2. The largest absolute Gasteiger partial charge is 0.496 e. The first-order chi connectivity index (χ1) is 10.7. The molecule has 0 bridgehead atoms. The lowest BCUT2D eigenvalue weighted by atomic mass is 10.2. The lowest BCUT2D eigenvalue weighted by Gasteiger charge is -2.19. The van der Waals surface area contributed by atoms with Crippen LogP contribution in [0.4, 0.5) is 0 Å². The number of nitrogens with one attached hydrogen (secondary N) is 1. The van der Waals surface area contributed by atoms with Gasteiger partial charge in [-0.05, 0) is 57.1 Å². The lowest BCUT2D eigenvalue weighted by molar-refractivity contribution is 0.0948. The van der Waals surface area contributed by atoms with E-state index < -0.39 is 0 Å². The summed E-state index contributed by atoms with van der Waals surface area (Å²) in [5.74, 6) is 0.421. The average Bonchev–Trinajstić information content (AvgIpc) is 2.80. The number of carbonyl (C=O) groups excluding carboxylic acids is 1. The van der Waals surface area contributed by atoms with Crippen LogP contribution in [0.3, 0.4) is 0 Å². The van der Waals surface area contributed by atoms with Crippen LogP contribution in [-0.2, 0) is 0 Å². The molecular weight excluding hydrogens is 300 g/mol. The summed E-state index contributed by atoms with van der Waals surface area (Å²) in [4.78, 5) is 14.7. The Morgan fingerprint density at radius 2 is 2.00 bits per heavy atom. The van der Waals surface area contributed by atoms with Crippen LogP contribution in [0.15, 0.2) is 18.2 Å². The first-order valence-corrected chi connectivity index (χ1v) is 8.42. The van der Waals surface area contributed by atoms with E-state index in [0.29, 0.717) is 22.9 Å². The van der Waals surface area contributed by atoms with Crippen molar-refractivity contribution in [3.63, 3.8) is 0 Å². The summed E-state index contributed by atoms with van der Waals surface area (Å²) in [6.45, 7) is 4.10. The minimum Gasteiger partial charge on any atom is -0.496 e. The van der Waals surface area contributed by atoms with Gasteiger partial charge >= 0.3 is 0 Å². The normalized spacial score (nSPS) is 16.1. The summed E-state index contributed by atoms with van der Waals surface area (Å²) in [6, 6.07) is 5.08. The van der Waals surface area contributed by atoms with Gasteiger partial charge in [-0.15, -0.1) is 0 Å². The maximum atomic E-state index is 12.2. The van der Waals surface area contributed by atoms with E-state index in [2.05, 4.69) is 10.2 Å². The molecule has 1 aliphatic rings. The van der Waals surface area contributed by atoms with Gasteiger partial charge < -0.3 is 15.0 Å². The number of likely N-dealkylation sites (tertiary alicyclic amines) is 1. The second kappa shape index (κ2) is 9.01. The highest BCUT2D eigenvalue weighted by Crippen LogP contribution is 2.22. The Balaban J connectivity index is 1.76. The number of methoxy groups -OCH3 is 1. The van der Waals surface area contributed by atoms with Crippen LogP contribution in [0.5, 0.6) is 5.75 Å². The molecule has 1 aromatic carbocycles. The number of rotatable bonds is 6. The second-order valence-corrected chi connectivity index (χ2v) is 6.15. The summed E-state index contributed by atoms with van der Waals surface area (Å²) in [5.41, 5.74) is 0.491. The van der Waals surface area contributed by atoms with E-state index >= 15 is 0 Å². The van der Waals surface area contributed by atoms with Gasteiger partial charge in [0.2, 0.25) is 0 Å². The monoisotopic (exact) mass is 324 g/mol. The molecule has 2 rings (SSSR count). The van der Waals surface area contributed by atoms with Crippen LogP contribution < -0.4 is 10.1 Å². The quantitative estimate of drug-likeness (QED) is 0.816. The summed E-state index contributed by atoms with van der Waals surface area (Å²) in [6.07, 6.45) is 6.26. The van der Waals surface area contributed by atoms with Crippen LogP contribution in [0.2, 0.25) is 5.02 Å². The number of ether oxygens (including phenoxy) is 1. The van der Waals surface area contributed by atoms with Crippen molar-refractivity contribution in [3.05, 3.63) is 28.8 Å². The molecule has 1 aromatic rings. The van der Waals surface area contributed by atoms with Crippen molar-refractivity contribution >= 4 is 17.5 Å². The average molecular weight is 325 g/mol. The van der Waals surface area contributed by atoms with Crippen molar-refractivity contribution < 1.29 is 9.53 Å². The Kier molecular flexibility index (Phi) is 7.00. The lowest BCUT2D eigenvalue weighted by Crippen LogP contribution is -2.30. The zero-order valence-corrected chi connectivity index (χ0v) is 14.0. The van der Waals surface area contributed by atoms with Crippen molar-refractivity contribution in [2.75, 3.05) is 33.3 Å². The summed E-state index contributed by atoms with van der Waals surface area (Å²) in [5, 5.41) is 3.49. The Morgan fingerprint density at radius 1 is 1.27 bits per heavy atom. The van der Waals surface area contributed by atoms with Gasteiger partial charge in [0, 0.05) is 11.6 Å². The highest BCUT2D eigenvalue weighted by Gasteiger charge is 2.13. The first-order valence-electron chi connectivity index (χ1n) is 8.05. The zero-order valence-electron chi connectivity index (χ0n) is 13.2. The molecule has 1 amide bonds. The molecule has 0 atom stereocenters. The van der Waals surface area contributed by atoms with E-state index in [1.165, 1.54) is 38.8 Å². The van der Waals surface area contributed by atoms with Gasteiger partial charge in [-0.3, -0.25) is 4.79 Å². The molecule has 1 saturated heterocycles. The highest BCUT2D eigenvalue weighted by atomic mass is 35.5. The summed E-state index contributed by atoms with van der Waals surface area (Å²) >= 11 is 5.95. The zero-order chi connectivity index (χ0) is 15.8. The van der Waals surface area contributed by atoms with E-state index in [1.807, 2.05) is 0 Å². The third-order valence-electron chi connectivity index (χ3n) is 4.04. The number of hydrogen-bond donors (Lipinski definition) is 1. The molecule has 1 fully saturated rings. The Morgan fingerprint density at radius 3 is 2.68 bits per heavy atom. The first kappa shape index (κ1) is 17.1. The fourth-order valence-electron chi connectivity index (χ4n) is 2.82. The number of hydrogen-bond acceptors (Lipinski definition) is 3. The Hall–Kier alpha value is -1.26. The van der Waals surface area contributed by atoms with Gasteiger partial charge in [-0.1, -0.05) is 24.4 Å². The number of carbonyl (C=O) groups is 1. The molecule has 4 nitrogen and oxygen atoms in total. The summed E-state index contributed by atoms with van der Waals surface area (Å²) < 4.78 is 5.21. The molecule has 1 heterocycles. The molecule has 0 saturated carbocycles. The Bertz CT molecular complexity index is 486. The molecule has 0 spiro atoms. The molecule has 0 aromatic heterocycles. The van der Waals surface area contributed by atoms with Gasteiger partial charge in [0.05, 0.1) is 12.7 Å². The fourth-order valence-corrected chi connectivity index (χ4v) is 2.99. The van der Waals surface area contributed by atoms with E-state index in [1.54, 1.807) is 25.3 Å². The van der Waals surface area contributed by atoms with E-state index in [9.17, 15) is 4.79 Å². The molecule has 22 heavy (non-hydrogen) atoms. The molecule has 0 unspecified atom stereocenters.